The molecule has 0 saturated carbocycles. The standard InChI is InChI=1S/C16H26N4O/c1-4-12-6-5-8-20(9-7-12)16(21)14-13(17)10-18-15(19-14)11(2)3/h10-12H,4-9,17H2,1-3H3. The molecule has 0 aromatic carbocycles. The zero-order valence-electron chi connectivity index (χ0n) is 13.3. The summed E-state index contributed by atoms with van der Waals surface area (Å²) in [5.41, 5.74) is 6.66. The van der Waals surface area contributed by atoms with Crippen molar-refractivity contribution in [2.45, 2.75) is 52.4 Å². The Kier molecular flexibility index (Phi) is 5.15. The Morgan fingerprint density at radius 1 is 1.43 bits per heavy atom. The maximum absolute atomic E-state index is 12.7. The van der Waals surface area contributed by atoms with Crippen LogP contribution in [0.25, 0.3) is 0 Å². The zero-order valence-corrected chi connectivity index (χ0v) is 13.3. The van der Waals surface area contributed by atoms with Crippen LogP contribution in [0.5, 0.6) is 0 Å². The lowest BCUT2D eigenvalue weighted by molar-refractivity contribution is 0.0754. The summed E-state index contributed by atoms with van der Waals surface area (Å²) in [6.45, 7) is 7.85. The predicted octanol–water partition coefficient (Wildman–Crippen LogP) is 2.83. The number of likely N-dealkylation sites (tertiary alicyclic amines) is 1. The van der Waals surface area contributed by atoms with E-state index in [9.17, 15) is 4.79 Å². The predicted molar refractivity (Wildman–Crippen MR) is 84.1 cm³/mol. The third-order valence-corrected chi connectivity index (χ3v) is 4.27. The Balaban J connectivity index is 2.17. The van der Waals surface area contributed by atoms with Gasteiger partial charge in [0, 0.05) is 19.0 Å². The number of carbonyl (C=O) groups excluding carboxylic acids is 1. The molecule has 1 amide bonds. The number of nitrogens with two attached hydrogens (primary N) is 1. The molecule has 1 aromatic rings. The lowest BCUT2D eigenvalue weighted by Crippen LogP contribution is -2.33. The van der Waals surface area contributed by atoms with Crippen LogP contribution >= 0.6 is 0 Å². The highest BCUT2D eigenvalue weighted by Gasteiger charge is 2.24. The number of rotatable bonds is 3. The molecule has 1 saturated heterocycles. The van der Waals surface area contributed by atoms with Crippen LogP contribution in [0.4, 0.5) is 5.69 Å². The van der Waals surface area contributed by atoms with Gasteiger partial charge in [-0.2, -0.15) is 0 Å². The van der Waals surface area contributed by atoms with Crippen molar-refractivity contribution in [1.29, 1.82) is 0 Å². The molecular weight excluding hydrogens is 264 g/mol. The number of hydrogen-bond donors (Lipinski definition) is 1. The fourth-order valence-electron chi connectivity index (χ4n) is 2.78. The van der Waals surface area contributed by atoms with Gasteiger partial charge in [0.05, 0.1) is 11.9 Å². The largest absolute Gasteiger partial charge is 0.396 e. The van der Waals surface area contributed by atoms with E-state index in [1.165, 1.54) is 12.8 Å². The fourth-order valence-corrected chi connectivity index (χ4v) is 2.78. The summed E-state index contributed by atoms with van der Waals surface area (Å²) in [5.74, 6) is 1.55. The maximum Gasteiger partial charge on any atom is 0.274 e. The molecule has 1 aliphatic rings. The molecule has 1 aromatic heterocycles. The highest BCUT2D eigenvalue weighted by atomic mass is 16.2. The maximum atomic E-state index is 12.7. The van der Waals surface area contributed by atoms with E-state index >= 15 is 0 Å². The van der Waals surface area contributed by atoms with Crippen molar-refractivity contribution < 1.29 is 4.79 Å². The summed E-state index contributed by atoms with van der Waals surface area (Å²) in [7, 11) is 0. The first-order valence-corrected chi connectivity index (χ1v) is 7.94. The molecule has 0 spiro atoms. The molecule has 1 aliphatic heterocycles. The first-order valence-electron chi connectivity index (χ1n) is 7.94. The highest BCUT2D eigenvalue weighted by molar-refractivity contribution is 5.97. The first kappa shape index (κ1) is 15.7. The molecule has 116 valence electrons. The SMILES string of the molecule is CCC1CCCN(C(=O)c2nc(C(C)C)ncc2N)CC1. The molecule has 2 rings (SSSR count). The van der Waals surface area contributed by atoms with E-state index in [2.05, 4.69) is 16.9 Å². The van der Waals surface area contributed by atoms with Gasteiger partial charge in [-0.05, 0) is 25.2 Å². The van der Waals surface area contributed by atoms with Gasteiger partial charge in [0.1, 0.15) is 5.82 Å². The number of nitrogen functional groups attached to an aromatic ring is 1. The van der Waals surface area contributed by atoms with Crippen LogP contribution in [-0.4, -0.2) is 33.9 Å². The van der Waals surface area contributed by atoms with Crippen molar-refractivity contribution in [2.24, 2.45) is 5.92 Å². The summed E-state index contributed by atoms with van der Waals surface area (Å²) in [5, 5.41) is 0. The van der Waals surface area contributed by atoms with Gasteiger partial charge in [-0.3, -0.25) is 4.79 Å². The molecular formula is C16H26N4O. The van der Waals surface area contributed by atoms with Crippen molar-refractivity contribution in [2.75, 3.05) is 18.8 Å². The molecule has 1 atom stereocenters. The van der Waals surface area contributed by atoms with Crippen LogP contribution in [0, 0.1) is 5.92 Å². The second kappa shape index (κ2) is 6.87. The molecule has 21 heavy (non-hydrogen) atoms. The molecule has 0 aliphatic carbocycles. The zero-order chi connectivity index (χ0) is 15.4. The normalized spacial score (nSPS) is 19.6. The quantitative estimate of drug-likeness (QED) is 0.929. The number of nitrogens with zero attached hydrogens (tertiary/aromatic N) is 3. The van der Waals surface area contributed by atoms with Gasteiger partial charge in [0.25, 0.3) is 5.91 Å². The van der Waals surface area contributed by atoms with Crippen LogP contribution in [0.15, 0.2) is 6.20 Å². The number of amides is 1. The molecule has 5 heteroatoms. The van der Waals surface area contributed by atoms with Crippen LogP contribution in [-0.2, 0) is 0 Å². The number of carbonyl (C=O) groups is 1. The third-order valence-electron chi connectivity index (χ3n) is 4.27. The smallest absolute Gasteiger partial charge is 0.274 e. The molecule has 2 heterocycles. The van der Waals surface area contributed by atoms with Crippen LogP contribution in [0.3, 0.4) is 0 Å². The molecule has 1 unspecified atom stereocenters. The van der Waals surface area contributed by atoms with Gasteiger partial charge >= 0.3 is 0 Å². The minimum Gasteiger partial charge on any atom is -0.396 e. The lowest BCUT2D eigenvalue weighted by Gasteiger charge is -2.21. The average molecular weight is 290 g/mol. The minimum atomic E-state index is -0.0476. The van der Waals surface area contributed by atoms with Crippen LogP contribution in [0.1, 0.15) is 68.7 Å². The second-order valence-corrected chi connectivity index (χ2v) is 6.18. The lowest BCUT2D eigenvalue weighted by atomic mass is 9.98. The summed E-state index contributed by atoms with van der Waals surface area (Å²) in [6, 6.07) is 0. The van der Waals surface area contributed by atoms with E-state index < -0.39 is 0 Å². The van der Waals surface area contributed by atoms with Gasteiger partial charge in [-0.15, -0.1) is 0 Å². The Morgan fingerprint density at radius 3 is 2.86 bits per heavy atom. The van der Waals surface area contributed by atoms with Crippen LogP contribution in [0.2, 0.25) is 0 Å². The summed E-state index contributed by atoms with van der Waals surface area (Å²) < 4.78 is 0. The van der Waals surface area contributed by atoms with E-state index in [4.69, 9.17) is 5.73 Å². The van der Waals surface area contributed by atoms with E-state index in [0.29, 0.717) is 17.2 Å². The van der Waals surface area contributed by atoms with Crippen molar-refractivity contribution in [3.05, 3.63) is 17.7 Å². The molecule has 0 radical (unpaired) electrons. The molecule has 1 fully saturated rings. The Bertz CT molecular complexity index is 501. The first-order chi connectivity index (χ1) is 10.0. The van der Waals surface area contributed by atoms with E-state index in [1.807, 2.05) is 18.7 Å². The number of aromatic nitrogens is 2. The summed E-state index contributed by atoms with van der Waals surface area (Å²) >= 11 is 0. The Labute approximate surface area is 127 Å². The van der Waals surface area contributed by atoms with Gasteiger partial charge in [-0.1, -0.05) is 27.2 Å². The molecule has 0 bridgehead atoms. The van der Waals surface area contributed by atoms with Crippen molar-refractivity contribution >= 4 is 11.6 Å². The number of anilines is 1. The Hall–Kier alpha value is -1.65. The fraction of sp³-hybridized carbons (Fsp3) is 0.688. The van der Waals surface area contributed by atoms with Crippen LogP contribution < -0.4 is 5.73 Å². The van der Waals surface area contributed by atoms with Gasteiger partial charge < -0.3 is 10.6 Å². The van der Waals surface area contributed by atoms with Gasteiger partial charge in [0.2, 0.25) is 0 Å². The highest BCUT2D eigenvalue weighted by Crippen LogP contribution is 2.22. The van der Waals surface area contributed by atoms with Crippen molar-refractivity contribution in [3.63, 3.8) is 0 Å². The summed E-state index contributed by atoms with van der Waals surface area (Å²) in [4.78, 5) is 23.2. The third kappa shape index (κ3) is 3.71. The van der Waals surface area contributed by atoms with Gasteiger partial charge in [-0.25, -0.2) is 9.97 Å². The number of hydrogen-bond acceptors (Lipinski definition) is 4. The van der Waals surface area contributed by atoms with Crippen molar-refractivity contribution in [3.8, 4) is 0 Å². The monoisotopic (exact) mass is 290 g/mol. The topological polar surface area (TPSA) is 72.1 Å². The van der Waals surface area contributed by atoms with E-state index in [0.717, 1.165) is 31.8 Å². The van der Waals surface area contributed by atoms with Gasteiger partial charge in [0.15, 0.2) is 5.69 Å². The van der Waals surface area contributed by atoms with Crippen molar-refractivity contribution in [1.82, 2.24) is 14.9 Å². The summed E-state index contributed by atoms with van der Waals surface area (Å²) in [6.07, 6.45) is 6.09. The molecule has 2 N–H and O–H groups in total. The van der Waals surface area contributed by atoms with E-state index in [1.54, 1.807) is 6.20 Å². The molecule has 5 nitrogen and oxygen atoms in total. The average Bonchev–Trinajstić information content (AvgIpc) is 2.72. The van der Waals surface area contributed by atoms with E-state index in [-0.39, 0.29) is 11.8 Å². The minimum absolute atomic E-state index is 0.0476. The Morgan fingerprint density at radius 2 is 2.19 bits per heavy atom. The second-order valence-electron chi connectivity index (χ2n) is 6.18.